The molecule has 0 fully saturated rings. The second-order valence-electron chi connectivity index (χ2n) is 4.44. The Balaban J connectivity index is 3.04. The molecular weight excluding hydrogens is 216 g/mol. The van der Waals surface area contributed by atoms with E-state index in [2.05, 4.69) is 5.32 Å². The van der Waals surface area contributed by atoms with Crippen molar-refractivity contribution in [3.63, 3.8) is 0 Å². The Morgan fingerprint density at radius 2 is 2.12 bits per heavy atom. The monoisotopic (exact) mass is 236 g/mol. The van der Waals surface area contributed by atoms with Gasteiger partial charge in [-0.2, -0.15) is 0 Å². The molecule has 0 aliphatic rings. The fraction of sp³-hybridized carbons (Fsp3) is 0.462. The lowest BCUT2D eigenvalue weighted by Crippen LogP contribution is -2.53. The van der Waals surface area contributed by atoms with E-state index in [1.807, 2.05) is 26.8 Å². The smallest absolute Gasteiger partial charge is 0.246 e. The molecule has 1 rings (SSSR count). The summed E-state index contributed by atoms with van der Waals surface area (Å²) < 4.78 is 0. The first-order chi connectivity index (χ1) is 7.92. The molecular formula is C13H20N2O2. The van der Waals surface area contributed by atoms with E-state index in [0.29, 0.717) is 12.2 Å². The molecule has 17 heavy (non-hydrogen) atoms. The van der Waals surface area contributed by atoms with Gasteiger partial charge < -0.3 is 15.3 Å². The predicted octanol–water partition coefficient (Wildman–Crippen LogP) is 1.74. The third-order valence-electron chi connectivity index (χ3n) is 2.86. The van der Waals surface area contributed by atoms with E-state index in [1.54, 1.807) is 30.1 Å². The number of hydrogen-bond acceptors (Lipinski definition) is 3. The highest BCUT2D eigenvalue weighted by Crippen LogP contribution is 2.22. The minimum absolute atomic E-state index is 0.0203. The average Bonchev–Trinajstić information content (AvgIpc) is 2.30. The van der Waals surface area contributed by atoms with Crippen LogP contribution in [0.15, 0.2) is 24.3 Å². The normalized spacial score (nSPS) is 11.3. The molecule has 0 heterocycles. The lowest BCUT2D eigenvalue weighted by molar-refractivity contribution is -0.123. The summed E-state index contributed by atoms with van der Waals surface area (Å²) in [5, 5.41) is 12.4. The van der Waals surface area contributed by atoms with Crippen LogP contribution in [-0.4, -0.2) is 30.1 Å². The summed E-state index contributed by atoms with van der Waals surface area (Å²) in [6, 6.07) is 6.72. The number of carbonyl (C=O) groups excluding carboxylic acids is 1. The molecule has 0 saturated heterocycles. The topological polar surface area (TPSA) is 52.6 Å². The first-order valence-electron chi connectivity index (χ1n) is 5.72. The molecule has 0 aliphatic heterocycles. The van der Waals surface area contributed by atoms with Crippen molar-refractivity contribution in [3.05, 3.63) is 24.3 Å². The number of hydrogen-bond donors (Lipinski definition) is 2. The third-order valence-corrected chi connectivity index (χ3v) is 2.86. The molecule has 0 saturated carbocycles. The van der Waals surface area contributed by atoms with Crippen molar-refractivity contribution < 1.29 is 9.90 Å². The molecule has 0 radical (unpaired) electrons. The van der Waals surface area contributed by atoms with Crippen LogP contribution in [0.3, 0.4) is 0 Å². The maximum Gasteiger partial charge on any atom is 0.246 e. The summed E-state index contributed by atoms with van der Waals surface area (Å²) in [6.07, 6.45) is 0. The van der Waals surface area contributed by atoms with Gasteiger partial charge in [0.15, 0.2) is 0 Å². The van der Waals surface area contributed by atoms with Crippen LogP contribution in [0.1, 0.15) is 20.8 Å². The van der Waals surface area contributed by atoms with Crippen LogP contribution in [0.5, 0.6) is 5.75 Å². The van der Waals surface area contributed by atoms with Gasteiger partial charge >= 0.3 is 0 Å². The van der Waals surface area contributed by atoms with Crippen LogP contribution in [0.2, 0.25) is 0 Å². The lowest BCUT2D eigenvalue weighted by atomic mass is 10.0. The molecule has 1 aromatic rings. The summed E-state index contributed by atoms with van der Waals surface area (Å²) >= 11 is 0. The predicted molar refractivity (Wildman–Crippen MR) is 69.3 cm³/mol. The molecule has 2 N–H and O–H groups in total. The number of nitrogens with one attached hydrogen (secondary N) is 1. The SMILES string of the molecule is CCN(C(=O)C(C)(C)NC)c1cccc(O)c1. The zero-order valence-electron chi connectivity index (χ0n) is 10.8. The highest BCUT2D eigenvalue weighted by molar-refractivity contribution is 5.99. The highest BCUT2D eigenvalue weighted by Gasteiger charge is 2.30. The minimum Gasteiger partial charge on any atom is -0.508 e. The quantitative estimate of drug-likeness (QED) is 0.837. The van der Waals surface area contributed by atoms with Gasteiger partial charge in [-0.25, -0.2) is 0 Å². The van der Waals surface area contributed by atoms with Crippen molar-refractivity contribution in [2.24, 2.45) is 0 Å². The maximum absolute atomic E-state index is 12.3. The van der Waals surface area contributed by atoms with Crippen molar-refractivity contribution >= 4 is 11.6 Å². The second-order valence-corrected chi connectivity index (χ2v) is 4.44. The van der Waals surface area contributed by atoms with Gasteiger partial charge in [0.05, 0.1) is 5.54 Å². The van der Waals surface area contributed by atoms with Crippen LogP contribution in [0.25, 0.3) is 0 Å². The Morgan fingerprint density at radius 1 is 1.47 bits per heavy atom. The van der Waals surface area contributed by atoms with Crippen molar-refractivity contribution in [2.45, 2.75) is 26.3 Å². The summed E-state index contributed by atoms with van der Waals surface area (Å²) in [7, 11) is 1.76. The number of rotatable bonds is 4. The molecule has 94 valence electrons. The van der Waals surface area contributed by atoms with E-state index < -0.39 is 5.54 Å². The van der Waals surface area contributed by atoms with Crippen LogP contribution >= 0.6 is 0 Å². The lowest BCUT2D eigenvalue weighted by Gasteiger charge is -2.31. The molecule has 1 aromatic carbocycles. The number of phenols is 1. The molecule has 4 heteroatoms. The zero-order chi connectivity index (χ0) is 13.1. The van der Waals surface area contributed by atoms with E-state index >= 15 is 0 Å². The number of aromatic hydroxyl groups is 1. The number of amides is 1. The second kappa shape index (κ2) is 5.19. The largest absolute Gasteiger partial charge is 0.508 e. The van der Waals surface area contributed by atoms with Gasteiger partial charge in [-0.3, -0.25) is 4.79 Å². The molecule has 0 spiro atoms. The Bertz CT molecular complexity index is 402. The fourth-order valence-electron chi connectivity index (χ4n) is 1.55. The van der Waals surface area contributed by atoms with Crippen molar-refractivity contribution in [1.29, 1.82) is 0 Å². The Hall–Kier alpha value is -1.55. The van der Waals surface area contributed by atoms with Crippen molar-refractivity contribution in [2.75, 3.05) is 18.5 Å². The molecule has 0 aromatic heterocycles. The molecule has 0 aliphatic carbocycles. The zero-order valence-corrected chi connectivity index (χ0v) is 10.8. The van der Waals surface area contributed by atoms with Gasteiger partial charge in [0.25, 0.3) is 0 Å². The number of likely N-dealkylation sites (N-methyl/N-ethyl adjacent to an activating group) is 2. The number of phenolic OH excluding ortho intramolecular Hbond substituents is 1. The standard InChI is InChI=1S/C13H20N2O2/c1-5-15(12(17)13(2,3)14-4)10-7-6-8-11(16)9-10/h6-9,14,16H,5H2,1-4H3. The van der Waals surface area contributed by atoms with E-state index in [-0.39, 0.29) is 11.7 Å². The summed E-state index contributed by atoms with van der Waals surface area (Å²) in [6.45, 7) is 6.14. The van der Waals surface area contributed by atoms with E-state index in [9.17, 15) is 9.90 Å². The Labute approximate surface area is 102 Å². The van der Waals surface area contributed by atoms with Crippen molar-refractivity contribution in [3.8, 4) is 5.75 Å². The molecule has 1 amide bonds. The highest BCUT2D eigenvalue weighted by atomic mass is 16.3. The van der Waals surface area contributed by atoms with Crippen LogP contribution in [-0.2, 0) is 4.79 Å². The van der Waals surface area contributed by atoms with E-state index in [0.717, 1.165) is 0 Å². The van der Waals surface area contributed by atoms with Gasteiger partial charge in [-0.15, -0.1) is 0 Å². The number of nitrogens with zero attached hydrogens (tertiary/aromatic N) is 1. The summed E-state index contributed by atoms with van der Waals surface area (Å²) in [4.78, 5) is 14.0. The maximum atomic E-state index is 12.3. The molecule has 0 bridgehead atoms. The van der Waals surface area contributed by atoms with Crippen molar-refractivity contribution in [1.82, 2.24) is 5.32 Å². The van der Waals surface area contributed by atoms with E-state index in [1.165, 1.54) is 0 Å². The minimum atomic E-state index is -0.624. The average molecular weight is 236 g/mol. The Kier molecular flexibility index (Phi) is 4.12. The third kappa shape index (κ3) is 2.97. The van der Waals surface area contributed by atoms with Gasteiger partial charge in [0.1, 0.15) is 5.75 Å². The Morgan fingerprint density at radius 3 is 2.59 bits per heavy atom. The number of carbonyl (C=O) groups is 1. The van der Waals surface area contributed by atoms with Gasteiger partial charge in [-0.05, 0) is 40.0 Å². The first kappa shape index (κ1) is 13.5. The van der Waals surface area contributed by atoms with Gasteiger partial charge in [-0.1, -0.05) is 6.07 Å². The van der Waals surface area contributed by atoms with E-state index in [4.69, 9.17) is 0 Å². The molecule has 4 nitrogen and oxygen atoms in total. The van der Waals surface area contributed by atoms with Crippen LogP contribution < -0.4 is 10.2 Å². The fourth-order valence-corrected chi connectivity index (χ4v) is 1.55. The number of anilines is 1. The number of benzene rings is 1. The van der Waals surface area contributed by atoms with Crippen LogP contribution in [0.4, 0.5) is 5.69 Å². The van der Waals surface area contributed by atoms with Crippen LogP contribution in [0, 0.1) is 0 Å². The summed E-state index contributed by atoms with van der Waals surface area (Å²) in [5.74, 6) is 0.143. The first-order valence-corrected chi connectivity index (χ1v) is 5.72. The molecule has 0 unspecified atom stereocenters. The van der Waals surface area contributed by atoms with Gasteiger partial charge in [0, 0.05) is 18.3 Å². The van der Waals surface area contributed by atoms with Gasteiger partial charge in [0.2, 0.25) is 5.91 Å². The molecule has 0 atom stereocenters. The summed E-state index contributed by atoms with van der Waals surface area (Å²) in [5.41, 5.74) is 0.0856.